The first kappa shape index (κ1) is 11.6. The summed E-state index contributed by atoms with van der Waals surface area (Å²) in [5.41, 5.74) is -0.985. The van der Waals surface area contributed by atoms with Gasteiger partial charge in [0.15, 0.2) is 0 Å². The first-order valence-electron chi connectivity index (χ1n) is 5.44. The van der Waals surface area contributed by atoms with Crippen molar-refractivity contribution in [2.75, 3.05) is 12.4 Å². The van der Waals surface area contributed by atoms with Gasteiger partial charge in [0.25, 0.3) is 0 Å². The van der Waals surface area contributed by atoms with Crippen LogP contribution in [0, 0.1) is 5.92 Å². The number of carboxylic acids is 1. The van der Waals surface area contributed by atoms with Gasteiger partial charge < -0.3 is 15.2 Å². The Kier molecular flexibility index (Phi) is 2.87. The van der Waals surface area contributed by atoms with Crippen LogP contribution in [0.15, 0.2) is 12.4 Å². The summed E-state index contributed by atoms with van der Waals surface area (Å²) in [5.74, 6) is 0.0531. The summed E-state index contributed by atoms with van der Waals surface area (Å²) in [4.78, 5) is 19.4. The lowest BCUT2D eigenvalue weighted by Gasteiger charge is -2.26. The standard InChI is InChI=1S/C11H15N3O3/c1-11(10(15)16,7-3-4-7)14-8-5-12-6-9(13-8)17-2/h5-7H,3-4H2,1-2H3,(H,13,14)(H,15,16). The lowest BCUT2D eigenvalue weighted by molar-refractivity contribution is -0.142. The largest absolute Gasteiger partial charge is 0.480 e. The third-order valence-corrected chi connectivity index (χ3v) is 3.05. The van der Waals surface area contributed by atoms with E-state index >= 15 is 0 Å². The van der Waals surface area contributed by atoms with Crippen LogP contribution in [-0.4, -0.2) is 33.7 Å². The molecule has 92 valence electrons. The SMILES string of the molecule is COc1cncc(NC(C)(C(=O)O)C2CC2)n1. The lowest BCUT2D eigenvalue weighted by Crippen LogP contribution is -2.45. The Labute approximate surface area is 99.0 Å². The minimum Gasteiger partial charge on any atom is -0.480 e. The average Bonchev–Trinajstić information content (AvgIpc) is 3.13. The molecule has 6 heteroatoms. The molecule has 1 aromatic rings. The van der Waals surface area contributed by atoms with E-state index in [1.54, 1.807) is 6.92 Å². The predicted molar refractivity (Wildman–Crippen MR) is 61.0 cm³/mol. The van der Waals surface area contributed by atoms with Crippen molar-refractivity contribution in [3.05, 3.63) is 12.4 Å². The Morgan fingerprint density at radius 1 is 1.59 bits per heavy atom. The Bertz CT molecular complexity index is 434. The highest BCUT2D eigenvalue weighted by Gasteiger charge is 2.47. The molecule has 0 spiro atoms. The maximum Gasteiger partial charge on any atom is 0.329 e. The Balaban J connectivity index is 2.20. The van der Waals surface area contributed by atoms with Gasteiger partial charge in [0.05, 0.1) is 19.5 Å². The van der Waals surface area contributed by atoms with Crippen molar-refractivity contribution >= 4 is 11.8 Å². The van der Waals surface area contributed by atoms with Crippen molar-refractivity contribution < 1.29 is 14.6 Å². The van der Waals surface area contributed by atoms with Crippen molar-refractivity contribution in [2.45, 2.75) is 25.3 Å². The van der Waals surface area contributed by atoms with Crippen LogP contribution in [0.25, 0.3) is 0 Å². The smallest absolute Gasteiger partial charge is 0.329 e. The first-order chi connectivity index (χ1) is 8.06. The fraction of sp³-hybridized carbons (Fsp3) is 0.545. The highest BCUT2D eigenvalue weighted by atomic mass is 16.5. The average molecular weight is 237 g/mol. The molecule has 1 aromatic heterocycles. The van der Waals surface area contributed by atoms with Crippen molar-refractivity contribution in [1.82, 2.24) is 9.97 Å². The van der Waals surface area contributed by atoms with Crippen molar-refractivity contribution in [3.8, 4) is 5.88 Å². The fourth-order valence-corrected chi connectivity index (χ4v) is 1.76. The number of carboxylic acid groups (broad SMARTS) is 1. The van der Waals surface area contributed by atoms with Crippen LogP contribution in [0.4, 0.5) is 5.82 Å². The normalized spacial score (nSPS) is 18.2. The summed E-state index contributed by atoms with van der Waals surface area (Å²) in [6.07, 6.45) is 4.81. The zero-order valence-corrected chi connectivity index (χ0v) is 9.80. The molecule has 1 heterocycles. The van der Waals surface area contributed by atoms with E-state index in [1.165, 1.54) is 19.5 Å². The van der Waals surface area contributed by atoms with E-state index in [9.17, 15) is 9.90 Å². The van der Waals surface area contributed by atoms with Crippen LogP contribution >= 0.6 is 0 Å². The van der Waals surface area contributed by atoms with Gasteiger partial charge in [0.1, 0.15) is 11.4 Å². The van der Waals surface area contributed by atoms with Gasteiger partial charge in [-0.25, -0.2) is 4.79 Å². The van der Waals surface area contributed by atoms with Crippen molar-refractivity contribution in [3.63, 3.8) is 0 Å². The second-order valence-electron chi connectivity index (χ2n) is 4.35. The van der Waals surface area contributed by atoms with E-state index in [0.717, 1.165) is 12.8 Å². The molecule has 0 radical (unpaired) electrons. The molecule has 1 saturated carbocycles. The maximum atomic E-state index is 11.3. The summed E-state index contributed by atoms with van der Waals surface area (Å²) in [6.45, 7) is 1.67. The zero-order valence-electron chi connectivity index (χ0n) is 9.80. The molecule has 1 aliphatic carbocycles. The molecule has 0 aliphatic heterocycles. The van der Waals surface area contributed by atoms with Gasteiger partial charge in [-0.3, -0.25) is 4.98 Å². The third kappa shape index (κ3) is 2.30. The number of hydrogen-bond acceptors (Lipinski definition) is 5. The summed E-state index contributed by atoms with van der Waals surface area (Å²) < 4.78 is 4.94. The fourth-order valence-electron chi connectivity index (χ4n) is 1.76. The van der Waals surface area contributed by atoms with Crippen molar-refractivity contribution in [2.24, 2.45) is 5.92 Å². The highest BCUT2D eigenvalue weighted by Crippen LogP contribution is 2.41. The molecule has 2 N–H and O–H groups in total. The summed E-state index contributed by atoms with van der Waals surface area (Å²) in [6, 6.07) is 0. The maximum absolute atomic E-state index is 11.3. The molecule has 0 bridgehead atoms. The van der Waals surface area contributed by atoms with E-state index in [1.807, 2.05) is 0 Å². The van der Waals surface area contributed by atoms with Gasteiger partial charge in [0.2, 0.25) is 5.88 Å². The Morgan fingerprint density at radius 2 is 2.29 bits per heavy atom. The van der Waals surface area contributed by atoms with Crippen LogP contribution in [0.2, 0.25) is 0 Å². The van der Waals surface area contributed by atoms with Gasteiger partial charge in [-0.1, -0.05) is 0 Å². The van der Waals surface area contributed by atoms with Crippen molar-refractivity contribution in [1.29, 1.82) is 0 Å². The number of hydrogen-bond donors (Lipinski definition) is 2. The molecular weight excluding hydrogens is 222 g/mol. The van der Waals surface area contributed by atoms with Crippen LogP contribution in [0.3, 0.4) is 0 Å². The molecule has 1 aliphatic rings. The predicted octanol–water partition coefficient (Wildman–Crippen LogP) is 1.15. The molecule has 1 atom stereocenters. The van der Waals surface area contributed by atoms with Crippen LogP contribution in [0.5, 0.6) is 5.88 Å². The molecule has 1 fully saturated rings. The quantitative estimate of drug-likeness (QED) is 0.799. The number of aliphatic carboxylic acids is 1. The van der Waals surface area contributed by atoms with Gasteiger partial charge in [-0.2, -0.15) is 4.98 Å². The number of anilines is 1. The molecule has 0 saturated heterocycles. The van der Waals surface area contributed by atoms with Crippen LogP contribution in [0.1, 0.15) is 19.8 Å². The number of carbonyl (C=O) groups is 1. The minimum absolute atomic E-state index is 0.146. The lowest BCUT2D eigenvalue weighted by atomic mass is 9.96. The first-order valence-corrected chi connectivity index (χ1v) is 5.44. The summed E-state index contributed by atoms with van der Waals surface area (Å²) >= 11 is 0. The summed E-state index contributed by atoms with van der Waals surface area (Å²) in [5, 5.41) is 12.2. The molecule has 17 heavy (non-hydrogen) atoms. The number of aromatic nitrogens is 2. The number of nitrogens with one attached hydrogen (secondary N) is 1. The molecule has 0 aromatic carbocycles. The second kappa shape index (κ2) is 4.20. The zero-order chi connectivity index (χ0) is 12.5. The van der Waals surface area contributed by atoms with E-state index in [0.29, 0.717) is 11.7 Å². The molecule has 1 unspecified atom stereocenters. The Morgan fingerprint density at radius 3 is 2.82 bits per heavy atom. The Hall–Kier alpha value is -1.85. The summed E-state index contributed by atoms with van der Waals surface area (Å²) in [7, 11) is 1.49. The monoisotopic (exact) mass is 237 g/mol. The molecule has 6 nitrogen and oxygen atoms in total. The van der Waals surface area contributed by atoms with Crippen LogP contribution < -0.4 is 10.1 Å². The topological polar surface area (TPSA) is 84.3 Å². The van der Waals surface area contributed by atoms with Gasteiger partial charge in [0, 0.05) is 0 Å². The van der Waals surface area contributed by atoms with Gasteiger partial charge in [-0.15, -0.1) is 0 Å². The van der Waals surface area contributed by atoms with E-state index in [-0.39, 0.29) is 5.92 Å². The van der Waals surface area contributed by atoms with Crippen LogP contribution in [-0.2, 0) is 4.79 Å². The molecule has 2 rings (SSSR count). The minimum atomic E-state index is -0.985. The number of ether oxygens (including phenoxy) is 1. The number of methoxy groups -OCH3 is 1. The van der Waals surface area contributed by atoms with Gasteiger partial charge >= 0.3 is 5.97 Å². The molecular formula is C11H15N3O3. The second-order valence-corrected chi connectivity index (χ2v) is 4.35. The van der Waals surface area contributed by atoms with E-state index in [4.69, 9.17) is 4.74 Å². The third-order valence-electron chi connectivity index (χ3n) is 3.05. The number of nitrogens with zero attached hydrogens (tertiary/aromatic N) is 2. The van der Waals surface area contributed by atoms with Gasteiger partial charge in [-0.05, 0) is 25.7 Å². The van der Waals surface area contributed by atoms with E-state index in [2.05, 4.69) is 15.3 Å². The number of rotatable bonds is 5. The van der Waals surface area contributed by atoms with E-state index < -0.39 is 11.5 Å². The highest BCUT2D eigenvalue weighted by molar-refractivity contribution is 5.82. The molecule has 0 amide bonds.